The van der Waals surface area contributed by atoms with Crippen LogP contribution in [0.25, 0.3) is 117 Å². The highest BCUT2D eigenvalue weighted by Gasteiger charge is 2.22. The van der Waals surface area contributed by atoms with E-state index in [2.05, 4.69) is 11.3 Å². The summed E-state index contributed by atoms with van der Waals surface area (Å²) in [5.74, 6) is 1.29. The lowest BCUT2D eigenvalue weighted by molar-refractivity contribution is -0.571. The maximum atomic E-state index is 10.4. The molecule has 0 aliphatic heterocycles. The minimum atomic E-state index is -1.10. The molecule has 0 saturated heterocycles. The lowest BCUT2D eigenvalue weighted by Gasteiger charge is -2.20. The van der Waals surface area contributed by atoms with Gasteiger partial charge in [0.2, 0.25) is 0 Å². The maximum Gasteiger partial charge on any atom is 0.269 e. The van der Waals surface area contributed by atoms with Crippen molar-refractivity contribution in [2.45, 2.75) is 6.92 Å². The average Bonchev–Trinajstić information content (AvgIpc) is 1.45. The van der Waals surface area contributed by atoms with Gasteiger partial charge in [0, 0.05) is 23.0 Å². The van der Waals surface area contributed by atoms with Gasteiger partial charge in [0.25, 0.3) is 6.33 Å². The first-order valence-corrected chi connectivity index (χ1v) is 24.2. The average molecular weight is 1030 g/mol. The maximum absolute atomic E-state index is 10.4. The van der Waals surface area contributed by atoms with Gasteiger partial charge in [0.15, 0.2) is 0 Å². The molecular formula is C73H50N4O. The molecule has 14 aromatic rings. The van der Waals surface area contributed by atoms with Crippen LogP contribution in [0.15, 0.2) is 285 Å². The van der Waals surface area contributed by atoms with Crippen LogP contribution < -0.4 is 9.30 Å². The van der Waals surface area contributed by atoms with Crippen molar-refractivity contribution in [1.29, 1.82) is 0 Å². The van der Waals surface area contributed by atoms with E-state index in [1.54, 1.807) is 60.8 Å². The van der Waals surface area contributed by atoms with Gasteiger partial charge in [0.1, 0.15) is 17.3 Å². The van der Waals surface area contributed by atoms with Crippen LogP contribution in [0.1, 0.15) is 42.6 Å². The third-order valence-electron chi connectivity index (χ3n) is 12.8. The van der Waals surface area contributed by atoms with Crippen molar-refractivity contribution >= 4 is 32.8 Å². The fourth-order valence-electron chi connectivity index (χ4n) is 9.38. The first-order valence-electron chi connectivity index (χ1n) is 37.7. The summed E-state index contributed by atoms with van der Waals surface area (Å²) in [4.78, 5) is 4.65. The predicted molar refractivity (Wildman–Crippen MR) is 320 cm³/mol. The SMILES string of the molecule is [2H]c1c([2H])c([2H])c(-c2cc(-c3c([2H])c([2H])c([2H])c(-c4c([2H])c(-c5c([2H])c([2H])c([2H])c([2H])c5[2H])c([2H])c(-c5c([2H])c([2H])c(C)c([2H])c5[2H])c4[2H])c3-[n+]3[c-]n(-c4cccc(Oc5ccc6c7ccccc7n(-c7ccccn7)c6c5)c4)c4ccccc43)c([2H])c(-c3c([2H])c([2H])c([2H])c([2H])c3[2H])c2[2H])c([2H])c1[2H]. The number of aromatic nitrogens is 4. The van der Waals surface area contributed by atoms with Crippen molar-refractivity contribution in [3.8, 4) is 95.5 Å². The first kappa shape index (κ1) is 25.9. The van der Waals surface area contributed by atoms with Crippen LogP contribution in [0.2, 0.25) is 0 Å². The van der Waals surface area contributed by atoms with Crippen LogP contribution in [-0.2, 0) is 0 Å². The van der Waals surface area contributed by atoms with E-state index in [0.29, 0.717) is 11.6 Å². The molecular weight excluding hydrogens is 949 g/mol. The molecule has 11 aromatic carbocycles. The van der Waals surface area contributed by atoms with Crippen molar-refractivity contribution in [2.24, 2.45) is 0 Å². The lowest BCUT2D eigenvalue weighted by atomic mass is 9.88. The van der Waals surface area contributed by atoms with Crippen LogP contribution in [0.3, 0.4) is 0 Å². The van der Waals surface area contributed by atoms with Gasteiger partial charge in [-0.2, -0.15) is 0 Å². The Bertz CT molecular complexity index is 5980. The van der Waals surface area contributed by atoms with E-state index < -0.39 is 236 Å². The topological polar surface area (TPSA) is 35.9 Å². The largest absolute Gasteiger partial charge is 0.458 e. The lowest BCUT2D eigenvalue weighted by Crippen LogP contribution is -2.31. The Labute approximate surface area is 491 Å². The number of para-hydroxylation sites is 4. The molecule has 368 valence electrons. The second-order valence-corrected chi connectivity index (χ2v) is 17.6. The summed E-state index contributed by atoms with van der Waals surface area (Å²) in [6.45, 7) is 1.28. The van der Waals surface area contributed by atoms with Gasteiger partial charge in [-0.3, -0.25) is 13.7 Å². The molecule has 0 N–H and O–H groups in total. The molecule has 0 amide bonds. The summed E-state index contributed by atoms with van der Waals surface area (Å²) < 4.78 is 264. The van der Waals surface area contributed by atoms with E-state index in [1.165, 1.54) is 22.1 Å². The third kappa shape index (κ3) is 8.59. The molecule has 0 fully saturated rings. The summed E-state index contributed by atoms with van der Waals surface area (Å²) in [6.07, 6.45) is 4.96. The Morgan fingerprint density at radius 2 is 1.01 bits per heavy atom. The van der Waals surface area contributed by atoms with Gasteiger partial charge in [-0.05, 0) is 158 Å². The van der Waals surface area contributed by atoms with Crippen LogP contribution in [-0.4, -0.2) is 14.1 Å². The number of nitrogens with zero attached hydrogens (tertiary/aromatic N) is 4. The Hall–Kier alpha value is -10.4. The number of fused-ring (bicyclic) bond motifs is 4. The molecule has 78 heavy (non-hydrogen) atoms. The molecule has 0 saturated carbocycles. The second-order valence-electron chi connectivity index (χ2n) is 17.6. The summed E-state index contributed by atoms with van der Waals surface area (Å²) in [7, 11) is 0. The van der Waals surface area contributed by atoms with Gasteiger partial charge in [-0.25, -0.2) is 4.98 Å². The second kappa shape index (κ2) is 19.7. The van der Waals surface area contributed by atoms with Crippen LogP contribution in [0, 0.1) is 13.3 Å². The highest BCUT2D eigenvalue weighted by atomic mass is 16.5. The monoisotopic (exact) mass is 1030 g/mol. The van der Waals surface area contributed by atoms with E-state index in [1.807, 2.05) is 53.1 Å². The van der Waals surface area contributed by atoms with Crippen molar-refractivity contribution < 1.29 is 46.3 Å². The van der Waals surface area contributed by atoms with E-state index in [4.69, 9.17) is 19.8 Å². The number of hydrogen-bond acceptors (Lipinski definition) is 2. The van der Waals surface area contributed by atoms with Crippen molar-refractivity contribution in [3.05, 3.63) is 296 Å². The van der Waals surface area contributed by atoms with Crippen LogP contribution >= 0.6 is 0 Å². The quantitative estimate of drug-likeness (QED) is 0.0956. The molecule has 5 nitrogen and oxygen atoms in total. The van der Waals surface area contributed by atoms with E-state index >= 15 is 0 Å². The smallest absolute Gasteiger partial charge is 0.269 e. The number of pyridine rings is 1. The van der Waals surface area contributed by atoms with Gasteiger partial charge < -0.3 is 4.74 Å². The van der Waals surface area contributed by atoms with Gasteiger partial charge in [0.05, 0.1) is 70.5 Å². The molecule has 0 radical (unpaired) electrons. The van der Waals surface area contributed by atoms with E-state index in [-0.39, 0.29) is 28.0 Å². The van der Waals surface area contributed by atoms with Crippen molar-refractivity contribution in [2.75, 3.05) is 0 Å². The number of imidazole rings is 1. The summed E-state index contributed by atoms with van der Waals surface area (Å²) >= 11 is 0. The number of rotatable bonds is 11. The fourth-order valence-corrected chi connectivity index (χ4v) is 9.38. The van der Waals surface area contributed by atoms with Crippen LogP contribution in [0.5, 0.6) is 11.5 Å². The number of benzene rings is 11. The summed E-state index contributed by atoms with van der Waals surface area (Å²) in [6, 6.07) is 7.30. The molecule has 0 aliphatic carbocycles. The fraction of sp³-hybridized carbons (Fsp3) is 0.0137. The highest BCUT2D eigenvalue weighted by molar-refractivity contribution is 6.09. The van der Waals surface area contributed by atoms with Gasteiger partial charge >= 0.3 is 0 Å². The summed E-state index contributed by atoms with van der Waals surface area (Å²) in [5.41, 5.74) is -8.18. The molecule has 5 heteroatoms. The molecule has 14 rings (SSSR count). The molecule has 3 heterocycles. The standard InChI is InChI=1S/C73H50N4O/c1-50-34-36-54(37-35-50)58-42-57(53-23-9-4-10-24-53)45-60(46-58)65-29-18-28-64(59-43-55(51-19-5-2-6-20-51)41-56(44-59)52-21-7-3-8-22-52)73(65)76-49-75(69-31-13-14-32-70(69)76)61-25-17-26-62(47-61)78-63-38-39-67-66-27-11-12-30-68(66)77(71(67)48-63)72-33-15-16-40-74-72/h2-48H,1H3/i2D,3D,4D,5D,6D,7D,8D,9D,10D,18D,19D,20D,21D,22D,23D,24D,28D,29D,34D,35D,36D,37D,41D,42D,43D,45D,46D. The minimum Gasteiger partial charge on any atom is -0.458 e. The Balaban J connectivity index is 1.15. The summed E-state index contributed by atoms with van der Waals surface area (Å²) in [5, 5.41) is 1.85. The van der Waals surface area contributed by atoms with Gasteiger partial charge in [-0.15, -0.1) is 0 Å². The van der Waals surface area contributed by atoms with Crippen molar-refractivity contribution in [3.63, 3.8) is 0 Å². The molecule has 0 bridgehead atoms. The zero-order valence-electron chi connectivity index (χ0n) is 67.7. The first-order chi connectivity index (χ1) is 49.8. The van der Waals surface area contributed by atoms with E-state index in [9.17, 15) is 21.9 Å². The Morgan fingerprint density at radius 1 is 0.436 bits per heavy atom. The zero-order chi connectivity index (χ0) is 75.4. The Kier molecular flexibility index (Phi) is 6.56. The molecule has 0 aliphatic rings. The van der Waals surface area contributed by atoms with Crippen molar-refractivity contribution in [1.82, 2.24) is 14.1 Å². The minimum absolute atomic E-state index is 0.0512. The molecule has 0 spiro atoms. The predicted octanol–water partition coefficient (Wildman–Crippen LogP) is 18.3. The Morgan fingerprint density at radius 3 is 1.72 bits per heavy atom. The zero-order valence-corrected chi connectivity index (χ0v) is 40.7. The number of ether oxygens (including phenoxy) is 1. The molecule has 0 unspecified atom stereocenters. The number of hydrogen-bond donors (Lipinski definition) is 0. The van der Waals surface area contributed by atoms with Crippen LogP contribution in [0.4, 0.5) is 0 Å². The molecule has 0 atom stereocenters. The normalized spacial score (nSPS) is 16.2. The molecule has 3 aromatic heterocycles. The van der Waals surface area contributed by atoms with Gasteiger partial charge in [-0.1, -0.05) is 193 Å². The third-order valence-corrected chi connectivity index (χ3v) is 12.8. The highest BCUT2D eigenvalue weighted by Crippen LogP contribution is 2.42. The van der Waals surface area contributed by atoms with E-state index in [0.717, 1.165) is 27.9 Å².